The van der Waals surface area contributed by atoms with E-state index in [1.807, 2.05) is 24.4 Å². The van der Waals surface area contributed by atoms with Gasteiger partial charge in [0.2, 0.25) is 5.91 Å². The summed E-state index contributed by atoms with van der Waals surface area (Å²) in [6.07, 6.45) is 5.71. The van der Waals surface area contributed by atoms with Gasteiger partial charge in [-0.25, -0.2) is 4.79 Å². The average molecular weight is 299 g/mol. The Balaban J connectivity index is 1.48. The molecule has 0 saturated heterocycles. The summed E-state index contributed by atoms with van der Waals surface area (Å²) in [6.45, 7) is 0.452. The molecule has 7 nitrogen and oxygen atoms in total. The summed E-state index contributed by atoms with van der Waals surface area (Å²) in [5.41, 5.74) is 3.34. The number of fused-ring (bicyclic) bond motifs is 1. The first kappa shape index (κ1) is 14.1. The fourth-order valence-corrected chi connectivity index (χ4v) is 2.35. The van der Waals surface area contributed by atoms with Crippen molar-refractivity contribution in [2.75, 3.05) is 0 Å². The van der Waals surface area contributed by atoms with Crippen molar-refractivity contribution in [3.05, 3.63) is 52.2 Å². The van der Waals surface area contributed by atoms with Crippen LogP contribution in [0.1, 0.15) is 24.0 Å². The smallest absolute Gasteiger partial charge is 0.323 e. The molecule has 0 radical (unpaired) electrons. The van der Waals surface area contributed by atoms with Gasteiger partial charge < -0.3 is 15.3 Å². The third-order valence-corrected chi connectivity index (χ3v) is 3.49. The Labute approximate surface area is 126 Å². The second kappa shape index (κ2) is 6.30. The molecular weight excluding hydrogens is 282 g/mol. The maximum Gasteiger partial charge on any atom is 0.323 e. The molecule has 4 N–H and O–H groups in total. The Kier molecular flexibility index (Phi) is 4.04. The lowest BCUT2D eigenvalue weighted by Gasteiger charge is -2.05. The lowest BCUT2D eigenvalue weighted by molar-refractivity contribution is -0.121. The molecule has 2 aromatic heterocycles. The first-order valence-electron chi connectivity index (χ1n) is 7.16. The number of imidazole rings is 1. The normalized spacial score (nSPS) is 10.9. The van der Waals surface area contributed by atoms with Crippen LogP contribution in [0.5, 0.6) is 0 Å². The molecule has 0 aliphatic rings. The van der Waals surface area contributed by atoms with Gasteiger partial charge >= 0.3 is 5.69 Å². The number of aryl methyl sites for hydroxylation is 1. The number of nitrogens with zero attached hydrogens (tertiary/aromatic N) is 1. The number of rotatable bonds is 6. The molecule has 3 rings (SSSR count). The van der Waals surface area contributed by atoms with E-state index in [4.69, 9.17) is 0 Å². The Morgan fingerprint density at radius 1 is 1.18 bits per heavy atom. The molecule has 7 heteroatoms. The first-order valence-corrected chi connectivity index (χ1v) is 7.16. The molecule has 0 spiro atoms. The molecule has 0 atom stereocenters. The SMILES string of the molecule is O=C(CCCc1cn[nH]c1)NCc1ccc2[nH]c(=O)[nH]c2c1. The Bertz CT molecular complexity index is 816. The summed E-state index contributed by atoms with van der Waals surface area (Å²) in [7, 11) is 0. The monoisotopic (exact) mass is 299 g/mol. The average Bonchev–Trinajstić information content (AvgIpc) is 3.12. The number of amides is 1. The summed E-state index contributed by atoms with van der Waals surface area (Å²) in [5.74, 6) is 0.0196. The highest BCUT2D eigenvalue weighted by atomic mass is 16.1. The van der Waals surface area contributed by atoms with Crippen LogP contribution in [-0.2, 0) is 17.8 Å². The molecule has 1 aromatic carbocycles. The maximum absolute atomic E-state index is 11.8. The molecule has 0 aliphatic carbocycles. The van der Waals surface area contributed by atoms with E-state index in [2.05, 4.69) is 25.5 Å². The summed E-state index contributed by atoms with van der Waals surface area (Å²) < 4.78 is 0. The van der Waals surface area contributed by atoms with Crippen LogP contribution in [0.4, 0.5) is 0 Å². The fourth-order valence-electron chi connectivity index (χ4n) is 2.35. The number of aromatic amines is 3. The molecule has 0 fully saturated rings. The van der Waals surface area contributed by atoms with Gasteiger partial charge in [-0.05, 0) is 36.1 Å². The molecule has 2 heterocycles. The van der Waals surface area contributed by atoms with Crippen LogP contribution in [0, 0.1) is 0 Å². The number of nitrogens with one attached hydrogen (secondary N) is 4. The highest BCUT2D eigenvalue weighted by molar-refractivity contribution is 5.77. The second-order valence-corrected chi connectivity index (χ2v) is 5.20. The minimum atomic E-state index is -0.226. The molecule has 114 valence electrons. The molecule has 0 bridgehead atoms. The number of carbonyl (C=O) groups is 1. The van der Waals surface area contributed by atoms with Gasteiger partial charge in [-0.15, -0.1) is 0 Å². The predicted octanol–water partition coefficient (Wildman–Crippen LogP) is 1.22. The lowest BCUT2D eigenvalue weighted by atomic mass is 10.1. The number of H-pyrrole nitrogens is 3. The number of aromatic nitrogens is 4. The maximum atomic E-state index is 11.8. The summed E-state index contributed by atoms with van der Waals surface area (Å²) in [5, 5.41) is 9.51. The number of benzene rings is 1. The van der Waals surface area contributed by atoms with Gasteiger partial charge in [0.1, 0.15) is 0 Å². The van der Waals surface area contributed by atoms with E-state index in [0.717, 1.165) is 35.0 Å². The summed E-state index contributed by atoms with van der Waals surface area (Å²) in [4.78, 5) is 28.4. The number of hydrogen-bond acceptors (Lipinski definition) is 3. The Hall–Kier alpha value is -2.83. The molecule has 0 aliphatic heterocycles. The van der Waals surface area contributed by atoms with Gasteiger partial charge in [-0.3, -0.25) is 9.89 Å². The topological polar surface area (TPSA) is 106 Å². The van der Waals surface area contributed by atoms with Crippen molar-refractivity contribution in [2.45, 2.75) is 25.8 Å². The molecular formula is C15H17N5O2. The van der Waals surface area contributed by atoms with Crippen LogP contribution >= 0.6 is 0 Å². The van der Waals surface area contributed by atoms with Crippen LogP contribution in [0.15, 0.2) is 35.4 Å². The van der Waals surface area contributed by atoms with Crippen molar-refractivity contribution in [3.63, 3.8) is 0 Å². The second-order valence-electron chi connectivity index (χ2n) is 5.20. The van der Waals surface area contributed by atoms with Crippen molar-refractivity contribution in [2.24, 2.45) is 0 Å². The van der Waals surface area contributed by atoms with E-state index in [0.29, 0.717) is 13.0 Å². The third-order valence-electron chi connectivity index (χ3n) is 3.49. The van der Waals surface area contributed by atoms with E-state index < -0.39 is 0 Å². The zero-order valence-electron chi connectivity index (χ0n) is 12.0. The van der Waals surface area contributed by atoms with Crippen LogP contribution in [0.2, 0.25) is 0 Å². The van der Waals surface area contributed by atoms with Crippen LogP contribution < -0.4 is 11.0 Å². The van der Waals surface area contributed by atoms with E-state index in [-0.39, 0.29) is 11.6 Å². The standard InChI is InChI=1S/C15H17N5O2/c21-14(3-1-2-11-8-17-18-9-11)16-7-10-4-5-12-13(6-10)20-15(22)19-12/h4-6,8-9H,1-3,7H2,(H,16,21)(H,17,18)(H2,19,20,22). The number of carbonyl (C=O) groups excluding carboxylic acids is 1. The van der Waals surface area contributed by atoms with Gasteiger partial charge in [0.25, 0.3) is 0 Å². The van der Waals surface area contributed by atoms with E-state index in [1.54, 1.807) is 6.20 Å². The van der Waals surface area contributed by atoms with Gasteiger partial charge in [-0.2, -0.15) is 5.10 Å². The molecule has 1 amide bonds. The van der Waals surface area contributed by atoms with Gasteiger partial charge in [0.05, 0.1) is 17.2 Å². The predicted molar refractivity (Wildman–Crippen MR) is 82.3 cm³/mol. The van der Waals surface area contributed by atoms with Crippen LogP contribution in [0.25, 0.3) is 11.0 Å². The summed E-state index contributed by atoms with van der Waals surface area (Å²) in [6, 6.07) is 5.57. The van der Waals surface area contributed by atoms with Gasteiger partial charge in [-0.1, -0.05) is 6.07 Å². The first-order chi connectivity index (χ1) is 10.7. The molecule has 3 aromatic rings. The zero-order chi connectivity index (χ0) is 15.4. The lowest BCUT2D eigenvalue weighted by Crippen LogP contribution is -2.22. The Morgan fingerprint density at radius 2 is 2.05 bits per heavy atom. The van der Waals surface area contributed by atoms with Crippen LogP contribution in [-0.4, -0.2) is 26.1 Å². The van der Waals surface area contributed by atoms with Crippen molar-refractivity contribution in [1.29, 1.82) is 0 Å². The van der Waals surface area contributed by atoms with Crippen molar-refractivity contribution in [3.8, 4) is 0 Å². The highest BCUT2D eigenvalue weighted by Gasteiger charge is 2.04. The van der Waals surface area contributed by atoms with E-state index >= 15 is 0 Å². The third kappa shape index (κ3) is 3.43. The minimum absolute atomic E-state index is 0.0196. The van der Waals surface area contributed by atoms with E-state index in [1.165, 1.54) is 0 Å². The van der Waals surface area contributed by atoms with Crippen molar-refractivity contribution >= 4 is 16.9 Å². The largest absolute Gasteiger partial charge is 0.352 e. The molecule has 0 saturated carbocycles. The Morgan fingerprint density at radius 3 is 2.86 bits per heavy atom. The highest BCUT2D eigenvalue weighted by Crippen LogP contribution is 2.10. The van der Waals surface area contributed by atoms with E-state index in [9.17, 15) is 9.59 Å². The minimum Gasteiger partial charge on any atom is -0.352 e. The summed E-state index contributed by atoms with van der Waals surface area (Å²) >= 11 is 0. The van der Waals surface area contributed by atoms with Gasteiger partial charge in [0.15, 0.2) is 0 Å². The van der Waals surface area contributed by atoms with Crippen LogP contribution in [0.3, 0.4) is 0 Å². The molecule has 0 unspecified atom stereocenters. The fraction of sp³-hybridized carbons (Fsp3) is 0.267. The number of hydrogen-bond donors (Lipinski definition) is 4. The zero-order valence-corrected chi connectivity index (χ0v) is 12.0. The quantitative estimate of drug-likeness (QED) is 0.549. The molecule has 22 heavy (non-hydrogen) atoms. The van der Waals surface area contributed by atoms with Crippen molar-refractivity contribution < 1.29 is 4.79 Å². The van der Waals surface area contributed by atoms with Gasteiger partial charge in [0, 0.05) is 19.2 Å². The van der Waals surface area contributed by atoms with Crippen molar-refractivity contribution in [1.82, 2.24) is 25.5 Å².